The van der Waals surface area contributed by atoms with Gasteiger partial charge in [0.25, 0.3) is 0 Å². The van der Waals surface area contributed by atoms with Crippen LogP contribution in [0, 0.1) is 0 Å². The SMILES string of the molecule is CC.CS(=O)(=O)NC1CC=CC1. The fourth-order valence-electron chi connectivity index (χ4n) is 1.02. The molecule has 0 unspecified atom stereocenters. The summed E-state index contributed by atoms with van der Waals surface area (Å²) >= 11 is 0. The van der Waals surface area contributed by atoms with Gasteiger partial charge < -0.3 is 0 Å². The van der Waals surface area contributed by atoms with Gasteiger partial charge in [0.2, 0.25) is 10.0 Å². The van der Waals surface area contributed by atoms with E-state index in [2.05, 4.69) is 4.72 Å². The molecule has 0 aromatic carbocycles. The van der Waals surface area contributed by atoms with E-state index < -0.39 is 10.0 Å². The first kappa shape index (κ1) is 11.6. The standard InChI is InChI=1S/C6H11NO2S.C2H6/c1-10(8,9)7-6-4-2-3-5-6;1-2/h2-3,6-7H,4-5H2,1H3;1-2H3. The summed E-state index contributed by atoms with van der Waals surface area (Å²) in [5, 5.41) is 0. The third-order valence-electron chi connectivity index (χ3n) is 1.39. The zero-order chi connectivity index (χ0) is 9.61. The molecule has 1 rings (SSSR count). The summed E-state index contributed by atoms with van der Waals surface area (Å²) in [6.07, 6.45) is 6.82. The van der Waals surface area contributed by atoms with E-state index in [0.29, 0.717) is 0 Å². The Morgan fingerprint density at radius 1 is 1.25 bits per heavy atom. The molecule has 1 N–H and O–H groups in total. The van der Waals surface area contributed by atoms with Gasteiger partial charge in [-0.2, -0.15) is 0 Å². The molecule has 0 heterocycles. The lowest BCUT2D eigenvalue weighted by Gasteiger charge is -2.08. The van der Waals surface area contributed by atoms with Gasteiger partial charge in [-0.1, -0.05) is 26.0 Å². The molecule has 0 radical (unpaired) electrons. The second kappa shape index (κ2) is 5.32. The highest BCUT2D eigenvalue weighted by atomic mass is 32.2. The highest BCUT2D eigenvalue weighted by molar-refractivity contribution is 7.88. The maximum absolute atomic E-state index is 10.6. The molecule has 1 aliphatic carbocycles. The Balaban J connectivity index is 0.000000561. The van der Waals surface area contributed by atoms with E-state index in [1.54, 1.807) is 0 Å². The van der Waals surface area contributed by atoms with Crippen molar-refractivity contribution in [1.29, 1.82) is 0 Å². The van der Waals surface area contributed by atoms with E-state index in [9.17, 15) is 8.42 Å². The number of nitrogens with one attached hydrogen (secondary N) is 1. The van der Waals surface area contributed by atoms with E-state index in [-0.39, 0.29) is 6.04 Å². The lowest BCUT2D eigenvalue weighted by molar-refractivity contribution is 0.563. The highest BCUT2D eigenvalue weighted by Crippen LogP contribution is 2.09. The smallest absolute Gasteiger partial charge is 0.208 e. The molecule has 0 atom stereocenters. The van der Waals surface area contributed by atoms with Crippen LogP contribution >= 0.6 is 0 Å². The minimum Gasteiger partial charge on any atom is -0.213 e. The van der Waals surface area contributed by atoms with Gasteiger partial charge >= 0.3 is 0 Å². The number of hydrogen-bond acceptors (Lipinski definition) is 2. The van der Waals surface area contributed by atoms with E-state index in [1.807, 2.05) is 26.0 Å². The third kappa shape index (κ3) is 5.32. The van der Waals surface area contributed by atoms with Gasteiger partial charge in [0, 0.05) is 6.04 Å². The van der Waals surface area contributed by atoms with Crippen molar-refractivity contribution in [3.8, 4) is 0 Å². The van der Waals surface area contributed by atoms with Gasteiger partial charge in [-0.05, 0) is 12.8 Å². The molecular weight excluding hydrogens is 174 g/mol. The molecule has 0 aliphatic heterocycles. The first-order chi connectivity index (χ1) is 5.58. The molecular formula is C8H17NO2S. The molecule has 0 amide bonds. The number of rotatable bonds is 2. The zero-order valence-corrected chi connectivity index (χ0v) is 8.69. The molecule has 3 nitrogen and oxygen atoms in total. The summed E-state index contributed by atoms with van der Waals surface area (Å²) in [4.78, 5) is 0. The van der Waals surface area contributed by atoms with Crippen LogP contribution in [0.3, 0.4) is 0 Å². The molecule has 0 aromatic heterocycles. The monoisotopic (exact) mass is 191 g/mol. The fraction of sp³-hybridized carbons (Fsp3) is 0.750. The molecule has 0 saturated carbocycles. The quantitative estimate of drug-likeness (QED) is 0.668. The number of hydrogen-bond donors (Lipinski definition) is 1. The second-order valence-corrected chi connectivity index (χ2v) is 4.31. The van der Waals surface area contributed by atoms with Gasteiger partial charge in [0.1, 0.15) is 0 Å². The van der Waals surface area contributed by atoms with E-state index >= 15 is 0 Å². The first-order valence-corrected chi connectivity index (χ1v) is 6.09. The number of sulfonamides is 1. The zero-order valence-electron chi connectivity index (χ0n) is 7.87. The first-order valence-electron chi connectivity index (χ1n) is 4.20. The average Bonchev–Trinajstić information content (AvgIpc) is 2.41. The Hall–Kier alpha value is -0.350. The van der Waals surface area contributed by atoms with Gasteiger partial charge in [-0.3, -0.25) is 0 Å². The summed E-state index contributed by atoms with van der Waals surface area (Å²) in [5.74, 6) is 0. The van der Waals surface area contributed by atoms with Crippen LogP contribution in [-0.2, 0) is 10.0 Å². The van der Waals surface area contributed by atoms with Gasteiger partial charge in [0.05, 0.1) is 6.26 Å². The van der Waals surface area contributed by atoms with Crippen LogP contribution in [0.1, 0.15) is 26.7 Å². The van der Waals surface area contributed by atoms with Gasteiger partial charge in [0.15, 0.2) is 0 Å². The van der Waals surface area contributed by atoms with Crippen LogP contribution in [0.15, 0.2) is 12.2 Å². The van der Waals surface area contributed by atoms with Crippen LogP contribution in [0.4, 0.5) is 0 Å². The van der Waals surface area contributed by atoms with Crippen molar-refractivity contribution in [2.24, 2.45) is 0 Å². The van der Waals surface area contributed by atoms with E-state index in [4.69, 9.17) is 0 Å². The van der Waals surface area contributed by atoms with Crippen molar-refractivity contribution in [3.63, 3.8) is 0 Å². The fourth-order valence-corrected chi connectivity index (χ4v) is 1.81. The van der Waals surface area contributed by atoms with Crippen molar-refractivity contribution >= 4 is 10.0 Å². The maximum atomic E-state index is 10.6. The molecule has 0 bridgehead atoms. The molecule has 0 saturated heterocycles. The topological polar surface area (TPSA) is 46.2 Å². The molecule has 72 valence electrons. The summed E-state index contributed by atoms with van der Waals surface area (Å²) in [5.41, 5.74) is 0. The van der Waals surface area contributed by atoms with Crippen molar-refractivity contribution < 1.29 is 8.42 Å². The van der Waals surface area contributed by atoms with Crippen molar-refractivity contribution in [2.75, 3.05) is 6.26 Å². The lowest BCUT2D eigenvalue weighted by Crippen LogP contribution is -2.31. The van der Waals surface area contributed by atoms with Gasteiger partial charge in [-0.15, -0.1) is 0 Å². The lowest BCUT2D eigenvalue weighted by atomic mass is 10.3. The summed E-state index contributed by atoms with van der Waals surface area (Å²) < 4.78 is 23.8. The molecule has 0 fully saturated rings. The van der Waals surface area contributed by atoms with Gasteiger partial charge in [-0.25, -0.2) is 13.1 Å². The summed E-state index contributed by atoms with van der Waals surface area (Å²) in [7, 11) is -3.00. The van der Waals surface area contributed by atoms with Crippen LogP contribution in [-0.4, -0.2) is 20.7 Å². The molecule has 1 aliphatic rings. The minimum atomic E-state index is -3.00. The van der Waals surface area contributed by atoms with Crippen molar-refractivity contribution in [3.05, 3.63) is 12.2 Å². The molecule has 0 aromatic rings. The Kier molecular flexibility index (Phi) is 5.17. The normalized spacial score (nSPS) is 17.2. The Bertz CT molecular complexity index is 223. The van der Waals surface area contributed by atoms with Crippen LogP contribution in [0.5, 0.6) is 0 Å². The van der Waals surface area contributed by atoms with Crippen molar-refractivity contribution in [2.45, 2.75) is 32.7 Å². The maximum Gasteiger partial charge on any atom is 0.208 e. The Labute approximate surface area is 74.9 Å². The predicted molar refractivity (Wildman–Crippen MR) is 51.5 cm³/mol. The van der Waals surface area contributed by atoms with Crippen molar-refractivity contribution in [1.82, 2.24) is 4.72 Å². The van der Waals surface area contributed by atoms with Crippen LogP contribution in [0.2, 0.25) is 0 Å². The Morgan fingerprint density at radius 2 is 1.67 bits per heavy atom. The highest BCUT2D eigenvalue weighted by Gasteiger charge is 2.13. The second-order valence-electron chi connectivity index (χ2n) is 2.53. The van der Waals surface area contributed by atoms with E-state index in [1.165, 1.54) is 6.26 Å². The molecule has 12 heavy (non-hydrogen) atoms. The average molecular weight is 191 g/mol. The Morgan fingerprint density at radius 3 is 2.00 bits per heavy atom. The minimum absolute atomic E-state index is 0.106. The summed E-state index contributed by atoms with van der Waals surface area (Å²) in [6.45, 7) is 4.00. The molecule has 4 heteroatoms. The summed E-state index contributed by atoms with van der Waals surface area (Å²) in [6, 6.07) is 0.106. The largest absolute Gasteiger partial charge is 0.213 e. The molecule has 0 spiro atoms. The third-order valence-corrected chi connectivity index (χ3v) is 2.15. The van der Waals surface area contributed by atoms with Crippen LogP contribution < -0.4 is 4.72 Å². The van der Waals surface area contributed by atoms with E-state index in [0.717, 1.165) is 12.8 Å². The predicted octanol–water partition coefficient (Wildman–Crippen LogP) is 1.28. The van der Waals surface area contributed by atoms with Crippen LogP contribution in [0.25, 0.3) is 0 Å².